The number of likely N-dealkylation sites (tertiary alicyclic amines) is 1. The third-order valence-electron chi connectivity index (χ3n) is 4.54. The van der Waals surface area contributed by atoms with Crippen molar-refractivity contribution in [3.8, 4) is 11.4 Å². The normalized spacial score (nSPS) is 19.6. The van der Waals surface area contributed by atoms with Crippen LogP contribution in [0.3, 0.4) is 0 Å². The number of nitrogens with zero attached hydrogens (tertiary/aromatic N) is 3. The van der Waals surface area contributed by atoms with Crippen molar-refractivity contribution in [1.29, 1.82) is 0 Å². The Morgan fingerprint density at radius 2 is 2.16 bits per heavy atom. The Labute approximate surface area is 147 Å². The van der Waals surface area contributed by atoms with Crippen molar-refractivity contribution in [1.82, 2.24) is 20.4 Å². The lowest BCUT2D eigenvalue weighted by Gasteiger charge is -2.21. The van der Waals surface area contributed by atoms with Crippen LogP contribution in [0.15, 0.2) is 34.9 Å². The summed E-state index contributed by atoms with van der Waals surface area (Å²) < 4.78 is 5.29. The lowest BCUT2D eigenvalue weighted by Crippen LogP contribution is -2.43. The van der Waals surface area contributed by atoms with Crippen molar-refractivity contribution in [2.45, 2.75) is 38.8 Å². The molecule has 1 aromatic heterocycles. The molecular weight excluding hydrogens is 320 g/mol. The quantitative estimate of drug-likeness (QED) is 0.866. The van der Waals surface area contributed by atoms with Crippen molar-refractivity contribution in [3.05, 3.63) is 36.2 Å². The second-order valence-corrected chi connectivity index (χ2v) is 6.67. The van der Waals surface area contributed by atoms with Crippen LogP contribution < -0.4 is 5.32 Å². The summed E-state index contributed by atoms with van der Waals surface area (Å²) in [5.41, 5.74) is 0.899. The zero-order valence-corrected chi connectivity index (χ0v) is 14.6. The van der Waals surface area contributed by atoms with Gasteiger partial charge < -0.3 is 19.8 Å². The van der Waals surface area contributed by atoms with Gasteiger partial charge in [-0.25, -0.2) is 4.79 Å². The molecule has 1 aliphatic heterocycles. The first-order valence-electron chi connectivity index (χ1n) is 8.64. The summed E-state index contributed by atoms with van der Waals surface area (Å²) in [6.45, 7) is 4.95. The van der Waals surface area contributed by atoms with Crippen LogP contribution in [0.4, 0.5) is 4.79 Å². The van der Waals surface area contributed by atoms with E-state index in [0.29, 0.717) is 31.2 Å². The van der Waals surface area contributed by atoms with Gasteiger partial charge in [0.1, 0.15) is 0 Å². The van der Waals surface area contributed by atoms with Crippen molar-refractivity contribution < 1.29 is 14.4 Å². The van der Waals surface area contributed by atoms with Gasteiger partial charge in [-0.05, 0) is 20.3 Å². The molecule has 1 fully saturated rings. The Morgan fingerprint density at radius 3 is 2.84 bits per heavy atom. The molecule has 3 atom stereocenters. The molecule has 1 aromatic carbocycles. The van der Waals surface area contributed by atoms with E-state index < -0.39 is 0 Å². The molecule has 3 unspecified atom stereocenters. The molecule has 1 saturated heterocycles. The van der Waals surface area contributed by atoms with E-state index in [-0.39, 0.29) is 24.1 Å². The Balaban J connectivity index is 1.52. The van der Waals surface area contributed by atoms with Crippen LogP contribution in [-0.2, 0) is 6.42 Å². The Hall–Kier alpha value is -2.41. The fourth-order valence-electron chi connectivity index (χ4n) is 3.02. The number of amides is 2. The average molecular weight is 344 g/mol. The van der Waals surface area contributed by atoms with Gasteiger partial charge in [0, 0.05) is 37.0 Å². The maximum Gasteiger partial charge on any atom is 0.317 e. The van der Waals surface area contributed by atoms with Gasteiger partial charge in [0.2, 0.25) is 11.7 Å². The summed E-state index contributed by atoms with van der Waals surface area (Å²) in [6, 6.07) is 9.39. The molecule has 0 saturated carbocycles. The summed E-state index contributed by atoms with van der Waals surface area (Å²) in [7, 11) is 0. The number of nitrogens with one attached hydrogen (secondary N) is 1. The molecular formula is C18H24N4O3. The highest BCUT2D eigenvalue weighted by molar-refractivity contribution is 5.74. The van der Waals surface area contributed by atoms with E-state index in [1.165, 1.54) is 0 Å². The van der Waals surface area contributed by atoms with Crippen LogP contribution in [0.5, 0.6) is 0 Å². The largest absolute Gasteiger partial charge is 0.393 e. The van der Waals surface area contributed by atoms with Crippen molar-refractivity contribution >= 4 is 6.03 Å². The van der Waals surface area contributed by atoms with Crippen LogP contribution in [0.25, 0.3) is 11.4 Å². The summed E-state index contributed by atoms with van der Waals surface area (Å²) in [5, 5.41) is 16.6. The molecule has 2 heterocycles. The number of hydrogen-bond acceptors (Lipinski definition) is 5. The van der Waals surface area contributed by atoms with Crippen molar-refractivity contribution in [2.75, 3.05) is 13.1 Å². The number of aliphatic hydroxyl groups is 1. The van der Waals surface area contributed by atoms with Gasteiger partial charge in [-0.2, -0.15) is 4.98 Å². The van der Waals surface area contributed by atoms with E-state index in [2.05, 4.69) is 15.5 Å². The van der Waals surface area contributed by atoms with Gasteiger partial charge in [0.25, 0.3) is 0 Å². The zero-order chi connectivity index (χ0) is 17.8. The molecule has 0 radical (unpaired) electrons. The standard InChI is InChI=1S/C18H24N4O3/c1-12(19-18(24)22-9-8-15(11-22)13(2)23)10-16-20-17(21-25-16)14-6-4-3-5-7-14/h3-7,12-13,15,23H,8-11H2,1-2H3,(H,19,24). The SMILES string of the molecule is CC(Cc1nc(-c2ccccc2)no1)NC(=O)N1CCC(C(C)O)C1. The fourth-order valence-corrected chi connectivity index (χ4v) is 3.02. The molecule has 0 aliphatic carbocycles. The van der Waals surface area contributed by atoms with Crippen LogP contribution >= 0.6 is 0 Å². The monoisotopic (exact) mass is 344 g/mol. The maximum atomic E-state index is 12.3. The van der Waals surface area contributed by atoms with Gasteiger partial charge in [0.15, 0.2) is 0 Å². The number of aliphatic hydroxyl groups excluding tert-OH is 1. The molecule has 2 aromatic rings. The van der Waals surface area contributed by atoms with Crippen LogP contribution in [0.2, 0.25) is 0 Å². The molecule has 7 nitrogen and oxygen atoms in total. The number of urea groups is 1. The van der Waals surface area contributed by atoms with Gasteiger partial charge >= 0.3 is 6.03 Å². The first kappa shape index (κ1) is 17.4. The van der Waals surface area contributed by atoms with Crippen molar-refractivity contribution in [3.63, 3.8) is 0 Å². The highest BCUT2D eigenvalue weighted by Crippen LogP contribution is 2.20. The molecule has 0 spiro atoms. The fraction of sp³-hybridized carbons (Fsp3) is 0.500. The number of rotatable bonds is 5. The minimum Gasteiger partial charge on any atom is -0.393 e. The van der Waals surface area contributed by atoms with E-state index in [0.717, 1.165) is 12.0 Å². The summed E-state index contributed by atoms with van der Waals surface area (Å²) in [6.07, 6.45) is 0.924. The summed E-state index contributed by atoms with van der Waals surface area (Å²) in [5.74, 6) is 1.20. The topological polar surface area (TPSA) is 91.5 Å². The molecule has 7 heteroatoms. The predicted octanol–water partition coefficient (Wildman–Crippen LogP) is 2.08. The average Bonchev–Trinajstić information content (AvgIpc) is 3.25. The molecule has 25 heavy (non-hydrogen) atoms. The molecule has 2 N–H and O–H groups in total. The molecule has 1 aliphatic rings. The van der Waals surface area contributed by atoms with Crippen LogP contribution in [0, 0.1) is 5.92 Å². The number of carbonyl (C=O) groups excluding carboxylic acids is 1. The third kappa shape index (κ3) is 4.36. The molecule has 2 amide bonds. The second-order valence-electron chi connectivity index (χ2n) is 6.67. The number of carbonyl (C=O) groups is 1. The smallest absolute Gasteiger partial charge is 0.317 e. The van der Waals surface area contributed by atoms with Crippen LogP contribution in [-0.4, -0.2) is 51.4 Å². The highest BCUT2D eigenvalue weighted by Gasteiger charge is 2.29. The molecule has 3 rings (SSSR count). The molecule has 0 bridgehead atoms. The van der Waals surface area contributed by atoms with Gasteiger partial charge in [-0.1, -0.05) is 35.5 Å². The van der Waals surface area contributed by atoms with Gasteiger partial charge in [-0.3, -0.25) is 0 Å². The van der Waals surface area contributed by atoms with Crippen molar-refractivity contribution in [2.24, 2.45) is 5.92 Å². The van der Waals surface area contributed by atoms with E-state index >= 15 is 0 Å². The van der Waals surface area contributed by atoms with E-state index in [9.17, 15) is 9.90 Å². The van der Waals surface area contributed by atoms with E-state index in [4.69, 9.17) is 4.52 Å². The maximum absolute atomic E-state index is 12.3. The van der Waals surface area contributed by atoms with Crippen LogP contribution in [0.1, 0.15) is 26.2 Å². The minimum absolute atomic E-state index is 0.113. The first-order chi connectivity index (χ1) is 12.0. The zero-order valence-electron chi connectivity index (χ0n) is 14.6. The minimum atomic E-state index is -0.384. The number of aromatic nitrogens is 2. The predicted molar refractivity (Wildman–Crippen MR) is 92.8 cm³/mol. The summed E-state index contributed by atoms with van der Waals surface area (Å²) >= 11 is 0. The van der Waals surface area contributed by atoms with E-state index in [1.807, 2.05) is 37.3 Å². The highest BCUT2D eigenvalue weighted by atomic mass is 16.5. The summed E-state index contributed by atoms with van der Waals surface area (Å²) in [4.78, 5) is 18.4. The number of hydrogen-bond donors (Lipinski definition) is 2. The molecule has 134 valence electrons. The van der Waals surface area contributed by atoms with Gasteiger partial charge in [-0.15, -0.1) is 0 Å². The second kappa shape index (κ2) is 7.65. The Bertz CT molecular complexity index is 701. The lowest BCUT2D eigenvalue weighted by atomic mass is 10.0. The Kier molecular flexibility index (Phi) is 5.33. The van der Waals surface area contributed by atoms with E-state index in [1.54, 1.807) is 11.8 Å². The number of benzene rings is 1. The lowest BCUT2D eigenvalue weighted by molar-refractivity contribution is 0.129. The first-order valence-corrected chi connectivity index (χ1v) is 8.64. The van der Waals surface area contributed by atoms with Gasteiger partial charge in [0.05, 0.1) is 6.10 Å². The Morgan fingerprint density at radius 1 is 1.40 bits per heavy atom. The third-order valence-corrected chi connectivity index (χ3v) is 4.54.